The van der Waals surface area contributed by atoms with E-state index in [9.17, 15) is 4.79 Å². The van der Waals surface area contributed by atoms with Crippen LogP contribution in [0.1, 0.15) is 104 Å². The molecule has 8 heteroatoms. The van der Waals surface area contributed by atoms with Crippen LogP contribution < -0.4 is 4.90 Å². The molecule has 0 saturated carbocycles. The molecule has 1 aliphatic heterocycles. The summed E-state index contributed by atoms with van der Waals surface area (Å²) in [5.41, 5.74) is 4.29. The number of anilines is 1. The Morgan fingerprint density at radius 2 is 1.73 bits per heavy atom. The van der Waals surface area contributed by atoms with Gasteiger partial charge < -0.3 is 10.0 Å². The fraction of sp³-hybridized carbons (Fsp3) is 0.621. The molecular weight excluding hydrogens is 464 g/mol. The first-order valence-corrected chi connectivity index (χ1v) is 13.5. The molecule has 1 aromatic heterocycles. The van der Waals surface area contributed by atoms with E-state index in [4.69, 9.17) is 20.2 Å². The molecule has 2 aromatic rings. The van der Waals surface area contributed by atoms with Crippen molar-refractivity contribution in [3.8, 4) is 0 Å². The molecule has 1 aliphatic rings. The standard InChI is InChI=1S/C29H44N6O2/c1-9-10-11-12-17-34(18-13-14-23(36)37)21-15-16-22(20(2)19-21)30-24-25(28(3,4)5)32-35-26(24)31-27(33-35)29(6,7)8/h15-16,19H,9-14,17-18H2,1-8H3,(H,36,37). The number of rotatable bonds is 11. The summed E-state index contributed by atoms with van der Waals surface area (Å²) in [4.78, 5) is 24.9. The number of carboxylic acid groups (broad SMARTS) is 1. The third-order valence-corrected chi connectivity index (χ3v) is 6.48. The van der Waals surface area contributed by atoms with Gasteiger partial charge >= 0.3 is 5.97 Å². The predicted octanol–water partition coefficient (Wildman–Crippen LogP) is 6.52. The van der Waals surface area contributed by atoms with Crippen molar-refractivity contribution < 1.29 is 9.90 Å². The van der Waals surface area contributed by atoms with Crippen molar-refractivity contribution in [1.29, 1.82) is 0 Å². The molecule has 1 N–H and O–H groups in total. The average molecular weight is 509 g/mol. The Hall–Kier alpha value is -3.03. The minimum absolute atomic E-state index is 0.182. The number of hydrogen-bond acceptors (Lipinski definition) is 6. The normalized spacial score (nSPS) is 14.7. The quantitative estimate of drug-likeness (QED) is 0.349. The number of aryl methyl sites for hydroxylation is 1. The van der Waals surface area contributed by atoms with E-state index in [0.717, 1.165) is 53.7 Å². The summed E-state index contributed by atoms with van der Waals surface area (Å²) < 4.78 is 0. The number of aromatic nitrogens is 3. The van der Waals surface area contributed by atoms with E-state index in [-0.39, 0.29) is 17.3 Å². The highest BCUT2D eigenvalue weighted by Crippen LogP contribution is 2.31. The van der Waals surface area contributed by atoms with Crippen LogP contribution in [0, 0.1) is 12.3 Å². The number of unbranched alkanes of at least 4 members (excludes halogenated alkanes) is 3. The number of nitrogens with zero attached hydrogens (tertiary/aromatic N) is 6. The van der Waals surface area contributed by atoms with Crippen LogP contribution in [-0.2, 0) is 10.2 Å². The van der Waals surface area contributed by atoms with Gasteiger partial charge in [-0.15, -0.1) is 9.89 Å². The molecule has 0 spiro atoms. The zero-order valence-corrected chi connectivity index (χ0v) is 23.9. The highest BCUT2D eigenvalue weighted by Gasteiger charge is 2.36. The van der Waals surface area contributed by atoms with E-state index in [1.165, 1.54) is 19.3 Å². The van der Waals surface area contributed by atoms with Crippen LogP contribution in [0.3, 0.4) is 0 Å². The second kappa shape index (κ2) is 11.6. The summed E-state index contributed by atoms with van der Waals surface area (Å²) in [7, 11) is 0. The molecule has 0 fully saturated rings. The molecule has 37 heavy (non-hydrogen) atoms. The van der Waals surface area contributed by atoms with Crippen LogP contribution in [0.4, 0.5) is 11.4 Å². The zero-order valence-electron chi connectivity index (χ0n) is 23.9. The third-order valence-electron chi connectivity index (χ3n) is 6.48. The van der Waals surface area contributed by atoms with Gasteiger partial charge in [-0.2, -0.15) is 5.10 Å². The lowest BCUT2D eigenvalue weighted by Gasteiger charge is -2.25. The molecule has 0 radical (unpaired) electrons. The van der Waals surface area contributed by atoms with E-state index in [1.54, 1.807) is 4.79 Å². The maximum absolute atomic E-state index is 11.1. The maximum atomic E-state index is 11.1. The monoisotopic (exact) mass is 508 g/mol. The first kappa shape index (κ1) is 28.5. The van der Waals surface area contributed by atoms with Gasteiger partial charge in [-0.25, -0.2) is 9.98 Å². The summed E-state index contributed by atoms with van der Waals surface area (Å²) in [5.74, 6) is 0.687. The van der Waals surface area contributed by atoms with E-state index >= 15 is 0 Å². The topological polar surface area (TPSA) is 96.0 Å². The second-order valence-electron chi connectivity index (χ2n) is 12.1. The Morgan fingerprint density at radius 3 is 2.32 bits per heavy atom. The van der Waals surface area contributed by atoms with Crippen molar-refractivity contribution in [2.75, 3.05) is 18.0 Å². The highest BCUT2D eigenvalue weighted by atomic mass is 16.4. The third kappa shape index (κ3) is 7.27. The molecule has 3 rings (SSSR count). The number of aliphatic imine (C=N–C) groups is 1. The molecule has 0 saturated heterocycles. The first-order chi connectivity index (χ1) is 17.3. The molecule has 0 atom stereocenters. The lowest BCUT2D eigenvalue weighted by Crippen LogP contribution is -2.27. The zero-order chi connectivity index (χ0) is 27.4. The number of carboxylic acids is 1. The molecule has 1 aromatic carbocycles. The lowest BCUT2D eigenvalue weighted by molar-refractivity contribution is -0.137. The Labute approximate surface area is 221 Å². The van der Waals surface area contributed by atoms with Crippen molar-refractivity contribution in [3.63, 3.8) is 0 Å². The fourth-order valence-electron chi connectivity index (χ4n) is 4.30. The number of fused-ring (bicyclic) bond motifs is 1. The molecule has 8 nitrogen and oxygen atoms in total. The van der Waals surface area contributed by atoms with Gasteiger partial charge in [0, 0.05) is 36.0 Å². The van der Waals surface area contributed by atoms with Gasteiger partial charge in [0.1, 0.15) is 5.71 Å². The SMILES string of the molecule is CCCCCCN(CCCC(=O)O)c1ccc(N=C2C(C(C)(C)C)=Nn3nc(C(C)(C)C)nc32)c(C)c1. The molecule has 0 bridgehead atoms. The van der Waals surface area contributed by atoms with Gasteiger partial charge in [0.15, 0.2) is 5.82 Å². The average Bonchev–Trinajstić information content (AvgIpc) is 3.36. The molecular formula is C29H44N6O2. The van der Waals surface area contributed by atoms with Crippen LogP contribution in [-0.4, -0.2) is 50.5 Å². The largest absolute Gasteiger partial charge is 0.481 e. The molecule has 2 heterocycles. The van der Waals surface area contributed by atoms with Gasteiger partial charge in [-0.3, -0.25) is 4.79 Å². The van der Waals surface area contributed by atoms with E-state index in [1.807, 2.05) is 0 Å². The lowest BCUT2D eigenvalue weighted by atomic mass is 9.87. The van der Waals surface area contributed by atoms with Gasteiger partial charge in [0.05, 0.1) is 11.4 Å². The second-order valence-corrected chi connectivity index (χ2v) is 12.1. The van der Waals surface area contributed by atoms with Gasteiger partial charge in [0.2, 0.25) is 5.82 Å². The van der Waals surface area contributed by atoms with E-state index in [0.29, 0.717) is 12.2 Å². The number of benzene rings is 1. The van der Waals surface area contributed by atoms with Crippen molar-refractivity contribution >= 4 is 28.8 Å². The molecule has 202 valence electrons. The number of aliphatic carboxylic acids is 1. The summed E-state index contributed by atoms with van der Waals surface area (Å²) in [6.45, 7) is 18.6. The Morgan fingerprint density at radius 1 is 1.03 bits per heavy atom. The van der Waals surface area contributed by atoms with Crippen molar-refractivity contribution in [1.82, 2.24) is 14.9 Å². The number of hydrogen-bond donors (Lipinski definition) is 1. The van der Waals surface area contributed by atoms with Gasteiger partial charge in [-0.1, -0.05) is 67.7 Å². The summed E-state index contributed by atoms with van der Waals surface area (Å²) in [6.07, 6.45) is 5.51. The highest BCUT2D eigenvalue weighted by molar-refractivity contribution is 6.50. The fourth-order valence-corrected chi connectivity index (χ4v) is 4.30. The summed E-state index contributed by atoms with van der Waals surface area (Å²) in [5, 5.41) is 18.5. The van der Waals surface area contributed by atoms with Crippen LogP contribution in [0.5, 0.6) is 0 Å². The van der Waals surface area contributed by atoms with E-state index < -0.39 is 5.97 Å². The van der Waals surface area contributed by atoms with E-state index in [2.05, 4.69) is 83.6 Å². The Kier molecular flexibility index (Phi) is 8.92. The smallest absolute Gasteiger partial charge is 0.303 e. The van der Waals surface area contributed by atoms with Gasteiger partial charge in [-0.05, 0) is 43.5 Å². The Bertz CT molecular complexity index is 1160. The van der Waals surface area contributed by atoms with Crippen molar-refractivity contribution in [2.24, 2.45) is 15.5 Å². The summed E-state index contributed by atoms with van der Waals surface area (Å²) >= 11 is 0. The minimum atomic E-state index is -0.747. The molecule has 0 amide bonds. The van der Waals surface area contributed by atoms with Crippen LogP contribution in [0.15, 0.2) is 28.3 Å². The first-order valence-electron chi connectivity index (χ1n) is 13.5. The van der Waals surface area contributed by atoms with Gasteiger partial charge in [0.25, 0.3) is 0 Å². The number of carbonyl (C=O) groups is 1. The van der Waals surface area contributed by atoms with Crippen LogP contribution in [0.2, 0.25) is 0 Å². The van der Waals surface area contributed by atoms with Crippen LogP contribution >= 0.6 is 0 Å². The minimum Gasteiger partial charge on any atom is -0.481 e. The van der Waals surface area contributed by atoms with Crippen molar-refractivity contribution in [2.45, 2.75) is 99.3 Å². The van der Waals surface area contributed by atoms with Crippen molar-refractivity contribution in [3.05, 3.63) is 35.4 Å². The predicted molar refractivity (Wildman–Crippen MR) is 152 cm³/mol. The molecule has 0 unspecified atom stereocenters. The summed E-state index contributed by atoms with van der Waals surface area (Å²) in [6, 6.07) is 6.31. The Balaban J connectivity index is 1.93. The maximum Gasteiger partial charge on any atom is 0.303 e. The molecule has 0 aliphatic carbocycles. The van der Waals surface area contributed by atoms with Crippen LogP contribution in [0.25, 0.3) is 0 Å².